The first kappa shape index (κ1) is 24.7. The normalized spacial score (nSPS) is 32.1. The molecule has 2 aliphatic carbocycles. The van der Waals surface area contributed by atoms with Crippen molar-refractivity contribution in [2.45, 2.75) is 91.6 Å². The molecule has 1 N–H and O–H groups in total. The van der Waals surface area contributed by atoms with Crippen LogP contribution in [-0.4, -0.2) is 15.1 Å². The van der Waals surface area contributed by atoms with Crippen molar-refractivity contribution >= 4 is 21.8 Å². The van der Waals surface area contributed by atoms with Gasteiger partial charge in [-0.1, -0.05) is 78.6 Å². The standard InChI is InChI=1S/C32H44N2O/c1-19(2)25-13-7-21(5)17-26(25)28-15-11-23-9-10-24-12-16-29(34-31(24)30(23)33-28)32(35)18-22(6)8-14-27(32)20(3)4/h9-12,15-16,19-22,25-27,35H,7-8,13-14,17-18H2,1-6H3/t21-,22?,25+,26?,27?,32?/m0/s1. The third-order valence-corrected chi connectivity index (χ3v) is 9.44. The maximum absolute atomic E-state index is 12.1. The Hall–Kier alpha value is -2.00. The topological polar surface area (TPSA) is 46.0 Å². The van der Waals surface area contributed by atoms with E-state index in [2.05, 4.69) is 77.9 Å². The Morgan fingerprint density at radius 3 is 2.09 bits per heavy atom. The smallest absolute Gasteiger partial charge is 0.110 e. The molecule has 3 nitrogen and oxygen atoms in total. The molecule has 3 heteroatoms. The summed E-state index contributed by atoms with van der Waals surface area (Å²) in [5.41, 5.74) is 3.13. The molecule has 2 aliphatic rings. The molecule has 0 aliphatic heterocycles. The van der Waals surface area contributed by atoms with Gasteiger partial charge in [0.2, 0.25) is 0 Å². The Bertz CT molecular complexity index is 1200. The molecule has 0 saturated heterocycles. The average molecular weight is 473 g/mol. The summed E-state index contributed by atoms with van der Waals surface area (Å²) in [5.74, 6) is 3.77. The van der Waals surface area contributed by atoms with Crippen LogP contribution in [0.15, 0.2) is 36.4 Å². The first-order chi connectivity index (χ1) is 16.7. The minimum Gasteiger partial charge on any atom is -0.383 e. The molecular formula is C32H44N2O. The van der Waals surface area contributed by atoms with Crippen LogP contribution >= 0.6 is 0 Å². The van der Waals surface area contributed by atoms with Gasteiger partial charge in [-0.3, -0.25) is 4.98 Å². The molecule has 0 radical (unpaired) electrons. The molecule has 3 aromatic rings. The van der Waals surface area contributed by atoms with Gasteiger partial charge in [-0.15, -0.1) is 0 Å². The van der Waals surface area contributed by atoms with Crippen LogP contribution in [0.25, 0.3) is 21.8 Å². The molecule has 0 amide bonds. The van der Waals surface area contributed by atoms with E-state index >= 15 is 0 Å². The van der Waals surface area contributed by atoms with Crippen LogP contribution in [0.5, 0.6) is 0 Å². The van der Waals surface area contributed by atoms with Crippen molar-refractivity contribution in [2.75, 3.05) is 0 Å². The molecule has 2 aromatic heterocycles. The lowest BCUT2D eigenvalue weighted by Gasteiger charge is -2.44. The number of hydrogen-bond acceptors (Lipinski definition) is 3. The Morgan fingerprint density at radius 2 is 1.40 bits per heavy atom. The SMILES string of the molecule is CC1CCC(C(C)C)C(O)(c2ccc3ccc4ccc(C5C[C@@H](C)CC[C@@H]5C(C)C)nc4c3n2)C1. The van der Waals surface area contributed by atoms with E-state index in [9.17, 15) is 5.11 Å². The summed E-state index contributed by atoms with van der Waals surface area (Å²) in [5, 5.41) is 14.3. The maximum atomic E-state index is 12.1. The lowest BCUT2D eigenvalue weighted by Crippen LogP contribution is -2.43. The van der Waals surface area contributed by atoms with Crippen LogP contribution in [0, 0.1) is 35.5 Å². The molecule has 2 saturated carbocycles. The van der Waals surface area contributed by atoms with Gasteiger partial charge in [0.1, 0.15) is 5.60 Å². The van der Waals surface area contributed by atoms with Gasteiger partial charge in [-0.05, 0) is 73.3 Å². The van der Waals surface area contributed by atoms with E-state index in [1.165, 1.54) is 31.4 Å². The van der Waals surface area contributed by atoms with Gasteiger partial charge in [0, 0.05) is 22.4 Å². The highest BCUT2D eigenvalue weighted by molar-refractivity contribution is 6.02. The first-order valence-electron chi connectivity index (χ1n) is 14.1. The predicted octanol–water partition coefficient (Wildman–Crippen LogP) is 8.24. The maximum Gasteiger partial charge on any atom is 0.110 e. The van der Waals surface area contributed by atoms with Crippen molar-refractivity contribution in [3.8, 4) is 0 Å². The van der Waals surface area contributed by atoms with Crippen LogP contribution in [0.1, 0.15) is 97.4 Å². The van der Waals surface area contributed by atoms with Crippen molar-refractivity contribution < 1.29 is 5.11 Å². The summed E-state index contributed by atoms with van der Waals surface area (Å²) < 4.78 is 0. The highest BCUT2D eigenvalue weighted by Gasteiger charge is 2.45. The second kappa shape index (κ2) is 9.47. The van der Waals surface area contributed by atoms with Crippen LogP contribution in [0.4, 0.5) is 0 Å². The first-order valence-corrected chi connectivity index (χ1v) is 14.1. The Labute approximate surface area is 211 Å². The number of rotatable bonds is 4. The summed E-state index contributed by atoms with van der Waals surface area (Å²) in [6, 6.07) is 13.1. The van der Waals surface area contributed by atoms with Crippen molar-refractivity contribution in [3.05, 3.63) is 47.8 Å². The number of benzene rings is 1. The number of aliphatic hydroxyl groups is 1. The monoisotopic (exact) mass is 472 g/mol. The van der Waals surface area contributed by atoms with Crippen LogP contribution in [-0.2, 0) is 5.60 Å². The summed E-state index contributed by atoms with van der Waals surface area (Å²) in [4.78, 5) is 10.5. The van der Waals surface area contributed by atoms with Gasteiger partial charge in [-0.25, -0.2) is 4.98 Å². The van der Waals surface area contributed by atoms with E-state index in [4.69, 9.17) is 9.97 Å². The van der Waals surface area contributed by atoms with E-state index in [0.29, 0.717) is 29.6 Å². The number of aromatic nitrogens is 2. The van der Waals surface area contributed by atoms with Gasteiger partial charge in [0.05, 0.1) is 16.7 Å². The third-order valence-electron chi connectivity index (χ3n) is 9.44. The van der Waals surface area contributed by atoms with Gasteiger partial charge in [0.15, 0.2) is 0 Å². The highest BCUT2D eigenvalue weighted by Crippen LogP contribution is 2.47. The van der Waals surface area contributed by atoms with Crippen molar-refractivity contribution in [3.63, 3.8) is 0 Å². The van der Waals surface area contributed by atoms with Gasteiger partial charge in [-0.2, -0.15) is 0 Å². The summed E-state index contributed by atoms with van der Waals surface area (Å²) >= 11 is 0. The van der Waals surface area contributed by atoms with Crippen molar-refractivity contribution in [2.24, 2.45) is 35.5 Å². The highest BCUT2D eigenvalue weighted by atomic mass is 16.3. The van der Waals surface area contributed by atoms with Crippen molar-refractivity contribution in [1.29, 1.82) is 0 Å². The van der Waals surface area contributed by atoms with Crippen molar-refractivity contribution in [1.82, 2.24) is 9.97 Å². The lowest BCUT2D eigenvalue weighted by molar-refractivity contribution is -0.0894. The Kier molecular flexibility index (Phi) is 6.68. The molecule has 4 unspecified atom stereocenters. The molecule has 2 fully saturated rings. The Morgan fingerprint density at radius 1 is 0.771 bits per heavy atom. The van der Waals surface area contributed by atoms with Gasteiger partial charge >= 0.3 is 0 Å². The fraction of sp³-hybridized carbons (Fsp3) is 0.625. The molecular weight excluding hydrogens is 428 g/mol. The second-order valence-electron chi connectivity index (χ2n) is 12.7. The van der Waals surface area contributed by atoms with E-state index in [0.717, 1.165) is 46.3 Å². The van der Waals surface area contributed by atoms with E-state index in [-0.39, 0.29) is 5.92 Å². The van der Waals surface area contributed by atoms with Gasteiger partial charge < -0.3 is 5.11 Å². The molecule has 6 atom stereocenters. The largest absolute Gasteiger partial charge is 0.383 e. The fourth-order valence-corrected chi connectivity index (χ4v) is 7.44. The minimum atomic E-state index is -0.874. The molecule has 0 bridgehead atoms. The van der Waals surface area contributed by atoms with Crippen LogP contribution in [0.3, 0.4) is 0 Å². The Balaban J connectivity index is 1.63. The summed E-state index contributed by atoms with van der Waals surface area (Å²) in [7, 11) is 0. The molecule has 2 heterocycles. The van der Waals surface area contributed by atoms with Gasteiger partial charge in [0.25, 0.3) is 0 Å². The summed E-state index contributed by atoms with van der Waals surface area (Å²) in [6.45, 7) is 13.9. The number of pyridine rings is 2. The molecule has 35 heavy (non-hydrogen) atoms. The number of fused-ring (bicyclic) bond motifs is 3. The second-order valence-corrected chi connectivity index (χ2v) is 12.7. The lowest BCUT2D eigenvalue weighted by atomic mass is 9.65. The zero-order chi connectivity index (χ0) is 24.9. The average Bonchev–Trinajstić information content (AvgIpc) is 2.82. The zero-order valence-corrected chi connectivity index (χ0v) is 22.6. The number of hydrogen-bond donors (Lipinski definition) is 1. The molecule has 5 rings (SSSR count). The third kappa shape index (κ3) is 4.50. The van der Waals surface area contributed by atoms with E-state index in [1.54, 1.807) is 0 Å². The van der Waals surface area contributed by atoms with E-state index in [1.807, 2.05) is 0 Å². The number of nitrogens with zero attached hydrogens (tertiary/aromatic N) is 2. The molecule has 188 valence electrons. The van der Waals surface area contributed by atoms with E-state index < -0.39 is 5.60 Å². The molecule has 0 spiro atoms. The minimum absolute atomic E-state index is 0.234. The van der Waals surface area contributed by atoms with Crippen LogP contribution < -0.4 is 0 Å². The summed E-state index contributed by atoms with van der Waals surface area (Å²) in [6.07, 6.45) is 6.87. The quantitative estimate of drug-likeness (QED) is 0.389. The fourth-order valence-electron chi connectivity index (χ4n) is 7.44. The van der Waals surface area contributed by atoms with Crippen LogP contribution in [0.2, 0.25) is 0 Å². The zero-order valence-electron chi connectivity index (χ0n) is 22.6. The predicted molar refractivity (Wildman–Crippen MR) is 146 cm³/mol. The molecule has 1 aromatic carbocycles.